The molecule has 0 aromatic heterocycles. The van der Waals surface area contributed by atoms with Crippen molar-refractivity contribution in [3.05, 3.63) is 83.1 Å². The van der Waals surface area contributed by atoms with Gasteiger partial charge in [0.05, 0.1) is 12.7 Å². The van der Waals surface area contributed by atoms with Gasteiger partial charge in [0, 0.05) is 29.5 Å². The zero-order valence-electron chi connectivity index (χ0n) is 13.7. The SMILES string of the molecule is CC1N(CCc2ccccc2)C=CN1CC(=O)c1ccc(Cl)cc1. The van der Waals surface area contributed by atoms with Crippen molar-refractivity contribution in [1.82, 2.24) is 9.80 Å². The van der Waals surface area contributed by atoms with E-state index in [1.54, 1.807) is 24.3 Å². The molecular weight excluding hydrogens is 320 g/mol. The first-order chi connectivity index (χ1) is 11.6. The van der Waals surface area contributed by atoms with E-state index < -0.39 is 0 Å². The summed E-state index contributed by atoms with van der Waals surface area (Å²) in [6, 6.07) is 17.5. The van der Waals surface area contributed by atoms with Gasteiger partial charge in [-0.1, -0.05) is 41.9 Å². The molecule has 0 N–H and O–H groups in total. The number of Topliss-reactive ketones (excluding diaryl/α,β-unsaturated/α-hetero) is 1. The van der Waals surface area contributed by atoms with Gasteiger partial charge in [-0.05, 0) is 43.2 Å². The Balaban J connectivity index is 1.54. The Labute approximate surface area is 148 Å². The van der Waals surface area contributed by atoms with E-state index in [4.69, 9.17) is 11.6 Å². The summed E-state index contributed by atoms with van der Waals surface area (Å²) >= 11 is 5.87. The van der Waals surface area contributed by atoms with Crippen molar-refractivity contribution < 1.29 is 4.79 Å². The molecule has 3 nitrogen and oxygen atoms in total. The summed E-state index contributed by atoms with van der Waals surface area (Å²) in [6.45, 7) is 3.44. The number of carbonyl (C=O) groups is 1. The molecule has 1 aliphatic heterocycles. The number of halogens is 1. The highest BCUT2D eigenvalue weighted by Gasteiger charge is 2.23. The number of benzene rings is 2. The highest BCUT2D eigenvalue weighted by atomic mass is 35.5. The normalized spacial score (nSPS) is 16.7. The molecule has 0 radical (unpaired) electrons. The van der Waals surface area contributed by atoms with Crippen LogP contribution in [0.1, 0.15) is 22.8 Å². The molecule has 0 amide bonds. The van der Waals surface area contributed by atoms with Crippen molar-refractivity contribution in [1.29, 1.82) is 0 Å². The first-order valence-corrected chi connectivity index (χ1v) is 8.54. The van der Waals surface area contributed by atoms with Gasteiger partial charge in [0.25, 0.3) is 0 Å². The van der Waals surface area contributed by atoms with Crippen molar-refractivity contribution in [2.24, 2.45) is 0 Å². The molecule has 4 heteroatoms. The molecule has 1 atom stereocenters. The van der Waals surface area contributed by atoms with Gasteiger partial charge in [0.2, 0.25) is 0 Å². The minimum atomic E-state index is 0.105. The number of nitrogens with zero attached hydrogens (tertiary/aromatic N) is 2. The van der Waals surface area contributed by atoms with E-state index in [1.165, 1.54) is 5.56 Å². The summed E-state index contributed by atoms with van der Waals surface area (Å²) in [7, 11) is 0. The lowest BCUT2D eigenvalue weighted by Gasteiger charge is -2.29. The molecule has 2 aromatic rings. The number of carbonyl (C=O) groups excluding carboxylic acids is 1. The maximum atomic E-state index is 12.4. The molecular formula is C20H21ClN2O. The van der Waals surface area contributed by atoms with Crippen molar-refractivity contribution in [2.45, 2.75) is 19.5 Å². The summed E-state index contributed by atoms with van der Waals surface area (Å²) in [5.74, 6) is 0.105. The van der Waals surface area contributed by atoms with Crippen LogP contribution in [0.25, 0.3) is 0 Å². The molecule has 1 unspecified atom stereocenters. The van der Waals surface area contributed by atoms with Crippen LogP contribution in [0.3, 0.4) is 0 Å². The summed E-state index contributed by atoms with van der Waals surface area (Å²) in [4.78, 5) is 16.7. The maximum absolute atomic E-state index is 12.4. The third-order valence-corrected chi connectivity index (χ3v) is 4.66. The minimum absolute atomic E-state index is 0.105. The second-order valence-corrected chi connectivity index (χ2v) is 6.44. The van der Waals surface area contributed by atoms with Crippen molar-refractivity contribution in [2.75, 3.05) is 13.1 Å². The predicted octanol–water partition coefficient (Wildman–Crippen LogP) is 4.20. The van der Waals surface area contributed by atoms with Crippen LogP contribution in [0.2, 0.25) is 5.02 Å². The van der Waals surface area contributed by atoms with Gasteiger partial charge < -0.3 is 9.80 Å². The van der Waals surface area contributed by atoms with Crippen LogP contribution < -0.4 is 0 Å². The van der Waals surface area contributed by atoms with Gasteiger partial charge >= 0.3 is 0 Å². The lowest BCUT2D eigenvalue weighted by molar-refractivity contribution is 0.0899. The first kappa shape index (κ1) is 16.6. The van der Waals surface area contributed by atoms with Crippen LogP contribution in [0, 0.1) is 0 Å². The lowest BCUT2D eigenvalue weighted by atomic mass is 10.1. The second-order valence-electron chi connectivity index (χ2n) is 6.01. The molecule has 1 aliphatic rings. The average molecular weight is 341 g/mol. The van der Waals surface area contributed by atoms with Crippen molar-refractivity contribution in [3.8, 4) is 0 Å². The van der Waals surface area contributed by atoms with E-state index in [9.17, 15) is 4.79 Å². The molecule has 0 aliphatic carbocycles. The predicted molar refractivity (Wildman–Crippen MR) is 97.9 cm³/mol. The Kier molecular flexibility index (Phi) is 5.21. The van der Waals surface area contributed by atoms with E-state index >= 15 is 0 Å². The van der Waals surface area contributed by atoms with Crippen molar-refractivity contribution in [3.63, 3.8) is 0 Å². The third-order valence-electron chi connectivity index (χ3n) is 4.40. The van der Waals surface area contributed by atoms with Crippen LogP contribution in [-0.4, -0.2) is 34.8 Å². The Morgan fingerprint density at radius 2 is 1.67 bits per heavy atom. The summed E-state index contributed by atoms with van der Waals surface area (Å²) < 4.78 is 0. The molecule has 0 saturated carbocycles. The smallest absolute Gasteiger partial charge is 0.182 e. The van der Waals surface area contributed by atoms with Gasteiger partial charge in [-0.2, -0.15) is 0 Å². The largest absolute Gasteiger partial charge is 0.356 e. The highest BCUT2D eigenvalue weighted by molar-refractivity contribution is 6.30. The Morgan fingerprint density at radius 3 is 2.38 bits per heavy atom. The molecule has 0 spiro atoms. The molecule has 2 aromatic carbocycles. The summed E-state index contributed by atoms with van der Waals surface area (Å²) in [5.41, 5.74) is 2.02. The number of rotatable bonds is 6. The van der Waals surface area contributed by atoms with Crippen LogP contribution >= 0.6 is 11.6 Å². The lowest BCUT2D eigenvalue weighted by Crippen LogP contribution is -2.39. The van der Waals surface area contributed by atoms with Crippen LogP contribution in [0.5, 0.6) is 0 Å². The standard InChI is InChI=1S/C20H21ClN2O/c1-16-22(12-11-17-5-3-2-4-6-17)13-14-23(16)15-20(24)18-7-9-19(21)10-8-18/h2-10,13-14,16H,11-12,15H2,1H3. The summed E-state index contributed by atoms with van der Waals surface area (Å²) in [5, 5.41) is 0.646. The van der Waals surface area contributed by atoms with Crippen LogP contribution in [0.15, 0.2) is 67.0 Å². The quantitative estimate of drug-likeness (QED) is 0.736. The fourth-order valence-electron chi connectivity index (χ4n) is 2.85. The van der Waals surface area contributed by atoms with E-state index in [0.29, 0.717) is 17.1 Å². The van der Waals surface area contributed by atoms with E-state index in [1.807, 2.05) is 12.3 Å². The van der Waals surface area contributed by atoms with Gasteiger partial charge in [-0.3, -0.25) is 4.79 Å². The minimum Gasteiger partial charge on any atom is -0.356 e. The highest BCUT2D eigenvalue weighted by Crippen LogP contribution is 2.18. The van der Waals surface area contributed by atoms with Crippen LogP contribution in [-0.2, 0) is 6.42 Å². The van der Waals surface area contributed by atoms with Crippen LogP contribution in [0.4, 0.5) is 0 Å². The van der Waals surface area contributed by atoms with Gasteiger partial charge in [-0.25, -0.2) is 0 Å². The second kappa shape index (κ2) is 7.54. The molecule has 1 heterocycles. The maximum Gasteiger partial charge on any atom is 0.182 e. The fourth-order valence-corrected chi connectivity index (χ4v) is 2.98. The Bertz CT molecular complexity index is 712. The zero-order chi connectivity index (χ0) is 16.9. The summed E-state index contributed by atoms with van der Waals surface area (Å²) in [6.07, 6.45) is 5.26. The molecule has 0 saturated heterocycles. The van der Waals surface area contributed by atoms with Gasteiger partial charge in [-0.15, -0.1) is 0 Å². The number of hydrogen-bond donors (Lipinski definition) is 0. The fraction of sp³-hybridized carbons (Fsp3) is 0.250. The number of ketones is 1. The molecule has 3 rings (SSSR count). The van der Waals surface area contributed by atoms with E-state index in [-0.39, 0.29) is 11.9 Å². The Morgan fingerprint density at radius 1 is 1.00 bits per heavy atom. The van der Waals surface area contributed by atoms with Crippen molar-refractivity contribution >= 4 is 17.4 Å². The van der Waals surface area contributed by atoms with E-state index in [0.717, 1.165) is 13.0 Å². The molecule has 0 fully saturated rings. The van der Waals surface area contributed by atoms with Gasteiger partial charge in [0.1, 0.15) is 0 Å². The average Bonchev–Trinajstić information content (AvgIpc) is 2.94. The molecule has 124 valence electrons. The molecule has 24 heavy (non-hydrogen) atoms. The Hall–Kier alpha value is -2.26. The zero-order valence-corrected chi connectivity index (χ0v) is 14.5. The topological polar surface area (TPSA) is 23.6 Å². The number of hydrogen-bond acceptors (Lipinski definition) is 3. The first-order valence-electron chi connectivity index (χ1n) is 8.16. The monoisotopic (exact) mass is 340 g/mol. The van der Waals surface area contributed by atoms with Gasteiger partial charge in [0.15, 0.2) is 5.78 Å². The third kappa shape index (κ3) is 3.98. The molecule has 0 bridgehead atoms. The van der Waals surface area contributed by atoms with E-state index in [2.05, 4.69) is 47.2 Å².